The molecule has 2 atom stereocenters. The van der Waals surface area contributed by atoms with Crippen LogP contribution in [0.1, 0.15) is 44.5 Å². The van der Waals surface area contributed by atoms with Crippen molar-refractivity contribution in [1.29, 1.82) is 0 Å². The van der Waals surface area contributed by atoms with Crippen molar-refractivity contribution in [1.82, 2.24) is 25.4 Å². The van der Waals surface area contributed by atoms with Gasteiger partial charge in [0.25, 0.3) is 11.8 Å². The van der Waals surface area contributed by atoms with Crippen molar-refractivity contribution in [3.63, 3.8) is 0 Å². The van der Waals surface area contributed by atoms with E-state index in [1.165, 1.54) is 6.07 Å². The maximum absolute atomic E-state index is 14.8. The zero-order valence-corrected chi connectivity index (χ0v) is 28.5. The smallest absolute Gasteiger partial charge is 0.254 e. The fourth-order valence-electron chi connectivity index (χ4n) is 5.23. The van der Waals surface area contributed by atoms with Crippen LogP contribution >= 0.6 is 0 Å². The molecule has 0 fully saturated rings. The number of carbonyl (C=O) groups excluding carboxylic acids is 4. The second-order valence-corrected chi connectivity index (χ2v) is 12.7. The van der Waals surface area contributed by atoms with Crippen LogP contribution < -0.4 is 21.7 Å². The van der Waals surface area contributed by atoms with Gasteiger partial charge < -0.3 is 36.5 Å². The third kappa shape index (κ3) is 11.7. The molecule has 4 amide bonds. The lowest BCUT2D eigenvalue weighted by Crippen LogP contribution is -2.46. The Morgan fingerprint density at radius 2 is 1.54 bits per heavy atom. The molecule has 1 aliphatic heterocycles. The number of nitrogens with one attached hydrogen (secondary N) is 3. The molecule has 0 unspecified atom stereocenters. The summed E-state index contributed by atoms with van der Waals surface area (Å²) in [4.78, 5) is 48.7. The van der Waals surface area contributed by atoms with Gasteiger partial charge in [-0.1, -0.05) is 51.1 Å². The SMILES string of the molecule is CC(C)(C)[C@@H](NCC[C@H](N)C(=O)NCCNC(=O)CN1C(=O)C=CC1=O)c1cc(-c2cc(F)ccc2F)cn1Cc1ccccc1.OCCO. The van der Waals surface area contributed by atoms with Crippen LogP contribution in [0.3, 0.4) is 0 Å². The van der Waals surface area contributed by atoms with Crippen molar-refractivity contribution in [2.75, 3.05) is 39.4 Å². The van der Waals surface area contributed by atoms with Crippen LogP contribution in [0.15, 0.2) is 72.9 Å². The lowest BCUT2D eigenvalue weighted by Gasteiger charge is -2.33. The predicted molar refractivity (Wildman–Crippen MR) is 184 cm³/mol. The molecule has 4 rings (SSSR count). The molecule has 0 spiro atoms. The molecule has 270 valence electrons. The molecule has 1 aromatic heterocycles. The Morgan fingerprint density at radius 3 is 2.16 bits per heavy atom. The van der Waals surface area contributed by atoms with Crippen LogP contribution in [0.2, 0.25) is 0 Å². The van der Waals surface area contributed by atoms with Crippen molar-refractivity contribution in [3.8, 4) is 11.1 Å². The summed E-state index contributed by atoms with van der Waals surface area (Å²) in [7, 11) is 0. The van der Waals surface area contributed by atoms with E-state index in [0.29, 0.717) is 25.1 Å². The highest BCUT2D eigenvalue weighted by Gasteiger charge is 2.30. The summed E-state index contributed by atoms with van der Waals surface area (Å²) in [6.45, 7) is 6.67. The summed E-state index contributed by atoms with van der Waals surface area (Å²) in [5.74, 6) is -3.06. The molecule has 50 heavy (non-hydrogen) atoms. The quantitative estimate of drug-likeness (QED) is 0.103. The standard InChI is InChI=1S/C34H40F2N6O4.C2H6O2/c1-34(2,3)32(39-14-13-27(37)33(46)40-16-15-38-29(43)21-42-30(44)11-12-31(42)45)28-17-23(25-18-24(35)9-10-26(25)36)20-41(28)19-22-7-5-4-6-8-22;3-1-2-4/h4-12,17-18,20,27,32,39H,13-16,19,21,37H2,1-3H3,(H,38,43)(H,40,46);3-4H,1-2H2/t27-,32-;/m0./s1. The summed E-state index contributed by atoms with van der Waals surface area (Å²) in [6.07, 6.45) is 4.34. The average Bonchev–Trinajstić information content (AvgIpc) is 3.63. The van der Waals surface area contributed by atoms with Crippen molar-refractivity contribution >= 4 is 23.6 Å². The number of nitrogens with two attached hydrogens (primary N) is 1. The molecular formula is C36H46F2N6O6. The van der Waals surface area contributed by atoms with Crippen molar-refractivity contribution in [3.05, 3.63) is 95.8 Å². The average molecular weight is 697 g/mol. The zero-order valence-electron chi connectivity index (χ0n) is 28.5. The minimum atomic E-state index is -0.831. The Balaban J connectivity index is 0.00000160. The first-order valence-corrected chi connectivity index (χ1v) is 16.2. The van der Waals surface area contributed by atoms with E-state index in [9.17, 15) is 28.0 Å². The molecule has 0 bridgehead atoms. The largest absolute Gasteiger partial charge is 0.394 e. The number of rotatable bonds is 15. The van der Waals surface area contributed by atoms with Crippen LogP contribution in [0.4, 0.5) is 8.78 Å². The first-order chi connectivity index (χ1) is 23.7. The number of imide groups is 1. The van der Waals surface area contributed by atoms with Gasteiger partial charge in [-0.3, -0.25) is 24.1 Å². The molecule has 2 heterocycles. The Bertz CT molecular complexity index is 1620. The third-order valence-corrected chi connectivity index (χ3v) is 7.72. The van der Waals surface area contributed by atoms with E-state index in [1.54, 1.807) is 0 Å². The lowest BCUT2D eigenvalue weighted by molar-refractivity contribution is -0.141. The Kier molecular flexibility index (Phi) is 15.0. The van der Waals surface area contributed by atoms with Gasteiger partial charge >= 0.3 is 0 Å². The number of hydrogen-bond donors (Lipinski definition) is 6. The number of aromatic nitrogens is 1. The Labute approximate surface area is 290 Å². The highest BCUT2D eigenvalue weighted by atomic mass is 19.1. The van der Waals surface area contributed by atoms with Gasteiger partial charge in [-0.25, -0.2) is 8.78 Å². The van der Waals surface area contributed by atoms with E-state index in [4.69, 9.17) is 15.9 Å². The summed E-state index contributed by atoms with van der Waals surface area (Å²) in [5, 5.41) is 24.0. The number of nitrogens with zero attached hydrogens (tertiary/aromatic N) is 2. The van der Waals surface area contributed by atoms with Crippen LogP contribution in [0.5, 0.6) is 0 Å². The zero-order chi connectivity index (χ0) is 36.8. The van der Waals surface area contributed by atoms with E-state index in [2.05, 4.69) is 36.7 Å². The molecule has 0 saturated carbocycles. The monoisotopic (exact) mass is 696 g/mol. The minimum Gasteiger partial charge on any atom is -0.394 e. The number of aliphatic hydroxyl groups excluding tert-OH is 2. The highest BCUT2D eigenvalue weighted by molar-refractivity contribution is 6.14. The molecular weight excluding hydrogens is 650 g/mol. The number of aliphatic hydroxyl groups is 2. The molecule has 0 aliphatic carbocycles. The van der Waals surface area contributed by atoms with Gasteiger partial charge in [0, 0.05) is 54.8 Å². The van der Waals surface area contributed by atoms with Crippen LogP contribution in [0, 0.1) is 17.0 Å². The highest BCUT2D eigenvalue weighted by Crippen LogP contribution is 2.37. The fraction of sp³-hybridized carbons (Fsp3) is 0.389. The number of benzene rings is 2. The summed E-state index contributed by atoms with van der Waals surface area (Å²) < 4.78 is 30.9. The van der Waals surface area contributed by atoms with E-state index in [-0.39, 0.29) is 43.3 Å². The summed E-state index contributed by atoms with van der Waals surface area (Å²) >= 11 is 0. The summed E-state index contributed by atoms with van der Waals surface area (Å²) in [5.41, 5.74) is 8.50. The second kappa shape index (κ2) is 18.9. The first-order valence-electron chi connectivity index (χ1n) is 16.2. The second-order valence-electron chi connectivity index (χ2n) is 12.7. The topological polar surface area (TPSA) is 179 Å². The van der Waals surface area contributed by atoms with Crippen LogP contribution in [-0.2, 0) is 25.7 Å². The number of amides is 4. The van der Waals surface area contributed by atoms with Crippen molar-refractivity contribution in [2.24, 2.45) is 11.1 Å². The van der Waals surface area contributed by atoms with Gasteiger partial charge in [0.05, 0.1) is 25.3 Å². The Hall–Kier alpha value is -4.76. The third-order valence-electron chi connectivity index (χ3n) is 7.72. The van der Waals surface area contributed by atoms with Gasteiger partial charge in [-0.05, 0) is 48.2 Å². The van der Waals surface area contributed by atoms with Crippen LogP contribution in [-0.4, -0.2) is 88.7 Å². The molecule has 2 aromatic carbocycles. The van der Waals surface area contributed by atoms with Gasteiger partial charge in [-0.2, -0.15) is 0 Å². The maximum Gasteiger partial charge on any atom is 0.254 e. The van der Waals surface area contributed by atoms with Gasteiger partial charge in [0.2, 0.25) is 11.8 Å². The predicted octanol–water partition coefficient (Wildman–Crippen LogP) is 2.00. The Morgan fingerprint density at radius 1 is 0.900 bits per heavy atom. The maximum atomic E-state index is 14.8. The fourth-order valence-corrected chi connectivity index (χ4v) is 5.23. The molecule has 1 aliphatic rings. The van der Waals surface area contributed by atoms with Gasteiger partial charge in [-0.15, -0.1) is 0 Å². The number of hydrogen-bond acceptors (Lipinski definition) is 8. The van der Waals surface area contributed by atoms with Crippen molar-refractivity contribution < 1.29 is 38.2 Å². The minimum absolute atomic E-state index is 0.0952. The van der Waals surface area contributed by atoms with E-state index >= 15 is 0 Å². The molecule has 0 radical (unpaired) electrons. The van der Waals surface area contributed by atoms with Gasteiger partial charge in [0.15, 0.2) is 0 Å². The molecule has 14 heteroatoms. The van der Waals surface area contributed by atoms with Crippen molar-refractivity contribution in [2.45, 2.75) is 45.8 Å². The number of carbonyl (C=O) groups is 4. The first kappa shape index (κ1) is 39.7. The molecule has 3 aromatic rings. The van der Waals surface area contributed by atoms with Crippen LogP contribution in [0.25, 0.3) is 11.1 Å². The molecule has 0 saturated heterocycles. The lowest BCUT2D eigenvalue weighted by atomic mass is 9.84. The van der Waals surface area contributed by atoms with E-state index in [1.807, 2.05) is 47.2 Å². The normalized spacial score (nSPS) is 13.9. The van der Waals surface area contributed by atoms with Gasteiger partial charge in [0.1, 0.15) is 18.2 Å². The van der Waals surface area contributed by atoms with E-state index < -0.39 is 47.8 Å². The number of halogens is 2. The summed E-state index contributed by atoms with van der Waals surface area (Å²) in [6, 6.07) is 14.0. The molecule has 12 nitrogen and oxygen atoms in total. The molecule has 7 N–H and O–H groups in total. The van der Waals surface area contributed by atoms with E-state index in [0.717, 1.165) is 40.4 Å².